The number of carbonyl (C=O) groups excluding carboxylic acids is 2. The van der Waals surface area contributed by atoms with E-state index in [9.17, 15) is 9.59 Å². The minimum Gasteiger partial charge on any atom is -0.497 e. The monoisotopic (exact) mass is 338 g/mol. The maximum atomic E-state index is 12.4. The summed E-state index contributed by atoms with van der Waals surface area (Å²) in [7, 11) is 1.62. The van der Waals surface area contributed by atoms with E-state index in [2.05, 4.69) is 5.32 Å². The Morgan fingerprint density at radius 2 is 1.72 bits per heavy atom. The zero-order valence-corrected chi connectivity index (χ0v) is 14.3. The molecule has 1 saturated heterocycles. The molecule has 0 aliphatic carbocycles. The van der Waals surface area contributed by atoms with E-state index in [0.29, 0.717) is 17.7 Å². The van der Waals surface area contributed by atoms with Gasteiger partial charge in [-0.2, -0.15) is 0 Å². The number of hydrogen-bond donors (Lipinski definition) is 1. The second kappa shape index (κ2) is 7.83. The Balaban J connectivity index is 1.63. The standard InChI is InChI=1S/C20H22N2O3/c1-25-18-9-7-15(8-10-18)14-21-19(23)16-5-4-6-17(13-16)20(24)22-11-2-3-12-22/h4-10,13H,2-3,11-12,14H2,1H3,(H,21,23). The highest BCUT2D eigenvalue weighted by Gasteiger charge is 2.20. The number of hydrogen-bond acceptors (Lipinski definition) is 3. The van der Waals surface area contributed by atoms with Crippen molar-refractivity contribution in [3.8, 4) is 5.75 Å². The van der Waals surface area contributed by atoms with Crippen LogP contribution in [-0.2, 0) is 6.54 Å². The van der Waals surface area contributed by atoms with Crippen LogP contribution >= 0.6 is 0 Å². The Labute approximate surface area is 147 Å². The number of likely N-dealkylation sites (tertiary alicyclic amines) is 1. The number of nitrogens with zero attached hydrogens (tertiary/aromatic N) is 1. The van der Waals surface area contributed by atoms with Gasteiger partial charge in [-0.05, 0) is 48.7 Å². The summed E-state index contributed by atoms with van der Waals surface area (Å²) in [6.07, 6.45) is 2.10. The highest BCUT2D eigenvalue weighted by Crippen LogP contribution is 2.15. The SMILES string of the molecule is COc1ccc(CNC(=O)c2cccc(C(=O)N3CCCC3)c2)cc1. The largest absolute Gasteiger partial charge is 0.497 e. The van der Waals surface area contributed by atoms with Gasteiger partial charge in [-0.3, -0.25) is 9.59 Å². The van der Waals surface area contributed by atoms with Gasteiger partial charge in [0.15, 0.2) is 0 Å². The van der Waals surface area contributed by atoms with Crippen molar-refractivity contribution < 1.29 is 14.3 Å². The predicted molar refractivity (Wildman–Crippen MR) is 95.7 cm³/mol. The molecule has 0 saturated carbocycles. The van der Waals surface area contributed by atoms with Crippen molar-refractivity contribution in [2.24, 2.45) is 0 Å². The van der Waals surface area contributed by atoms with Crippen LogP contribution in [0.4, 0.5) is 0 Å². The number of rotatable bonds is 5. The van der Waals surface area contributed by atoms with Gasteiger partial charge in [0.05, 0.1) is 7.11 Å². The molecule has 0 bridgehead atoms. The summed E-state index contributed by atoms with van der Waals surface area (Å²) in [5, 5.41) is 2.88. The summed E-state index contributed by atoms with van der Waals surface area (Å²) >= 11 is 0. The summed E-state index contributed by atoms with van der Waals surface area (Å²) in [6, 6.07) is 14.5. The lowest BCUT2D eigenvalue weighted by Gasteiger charge is -2.15. The molecule has 1 heterocycles. The van der Waals surface area contributed by atoms with E-state index >= 15 is 0 Å². The van der Waals surface area contributed by atoms with Gasteiger partial charge in [0.25, 0.3) is 11.8 Å². The molecular formula is C20H22N2O3. The van der Waals surface area contributed by atoms with Crippen LogP contribution in [0.5, 0.6) is 5.75 Å². The molecule has 3 rings (SSSR count). The van der Waals surface area contributed by atoms with Gasteiger partial charge < -0.3 is 15.0 Å². The highest BCUT2D eigenvalue weighted by molar-refractivity contribution is 5.99. The average Bonchev–Trinajstić information content (AvgIpc) is 3.20. The van der Waals surface area contributed by atoms with Gasteiger partial charge in [-0.15, -0.1) is 0 Å². The molecule has 5 heteroatoms. The van der Waals surface area contributed by atoms with Gasteiger partial charge in [0.2, 0.25) is 0 Å². The Morgan fingerprint density at radius 1 is 1.04 bits per heavy atom. The van der Waals surface area contributed by atoms with Gasteiger partial charge >= 0.3 is 0 Å². The first kappa shape index (κ1) is 17.0. The average molecular weight is 338 g/mol. The molecule has 0 spiro atoms. The number of nitrogens with one attached hydrogen (secondary N) is 1. The molecule has 2 amide bonds. The second-order valence-electron chi connectivity index (χ2n) is 6.11. The minimum atomic E-state index is -0.188. The van der Waals surface area contributed by atoms with Crippen molar-refractivity contribution in [3.63, 3.8) is 0 Å². The lowest BCUT2D eigenvalue weighted by atomic mass is 10.1. The molecule has 0 radical (unpaired) electrons. The fourth-order valence-electron chi connectivity index (χ4n) is 2.92. The fraction of sp³-hybridized carbons (Fsp3) is 0.300. The molecule has 25 heavy (non-hydrogen) atoms. The molecule has 130 valence electrons. The van der Waals surface area contributed by atoms with Crippen molar-refractivity contribution in [2.75, 3.05) is 20.2 Å². The zero-order chi connectivity index (χ0) is 17.6. The first-order valence-corrected chi connectivity index (χ1v) is 8.48. The first-order valence-electron chi connectivity index (χ1n) is 8.48. The molecule has 5 nitrogen and oxygen atoms in total. The van der Waals surface area contributed by atoms with Gasteiger partial charge in [0, 0.05) is 30.8 Å². The van der Waals surface area contributed by atoms with Gasteiger partial charge in [-0.1, -0.05) is 18.2 Å². The predicted octanol–water partition coefficient (Wildman–Crippen LogP) is 2.86. The van der Waals surface area contributed by atoms with E-state index in [-0.39, 0.29) is 11.8 Å². The lowest BCUT2D eigenvalue weighted by Crippen LogP contribution is -2.28. The minimum absolute atomic E-state index is 0.00213. The van der Waals surface area contributed by atoms with Crippen molar-refractivity contribution in [1.82, 2.24) is 10.2 Å². The third-order valence-corrected chi connectivity index (χ3v) is 4.38. The van der Waals surface area contributed by atoms with E-state index in [0.717, 1.165) is 37.2 Å². The van der Waals surface area contributed by atoms with Crippen molar-refractivity contribution in [1.29, 1.82) is 0 Å². The Hall–Kier alpha value is -2.82. The Kier molecular flexibility index (Phi) is 5.33. The smallest absolute Gasteiger partial charge is 0.253 e. The van der Waals surface area contributed by atoms with Crippen LogP contribution in [0, 0.1) is 0 Å². The van der Waals surface area contributed by atoms with E-state index in [1.165, 1.54) is 0 Å². The molecule has 1 fully saturated rings. The lowest BCUT2D eigenvalue weighted by molar-refractivity contribution is 0.0793. The third-order valence-electron chi connectivity index (χ3n) is 4.38. The first-order chi connectivity index (χ1) is 12.2. The maximum Gasteiger partial charge on any atom is 0.253 e. The highest BCUT2D eigenvalue weighted by atomic mass is 16.5. The molecule has 2 aromatic rings. The number of amides is 2. The topological polar surface area (TPSA) is 58.6 Å². The van der Waals surface area contributed by atoms with Gasteiger partial charge in [-0.25, -0.2) is 0 Å². The van der Waals surface area contributed by atoms with E-state index < -0.39 is 0 Å². The Bertz CT molecular complexity index is 750. The number of ether oxygens (including phenoxy) is 1. The molecule has 2 aromatic carbocycles. The maximum absolute atomic E-state index is 12.4. The van der Waals surface area contributed by atoms with Crippen LogP contribution in [-0.4, -0.2) is 36.9 Å². The zero-order valence-electron chi connectivity index (χ0n) is 14.3. The van der Waals surface area contributed by atoms with Gasteiger partial charge in [0.1, 0.15) is 5.75 Å². The Morgan fingerprint density at radius 3 is 2.40 bits per heavy atom. The summed E-state index contributed by atoms with van der Waals surface area (Å²) in [5.41, 5.74) is 2.05. The molecule has 1 aliphatic rings. The van der Waals surface area contributed by atoms with Crippen LogP contribution in [0.15, 0.2) is 48.5 Å². The van der Waals surface area contributed by atoms with Crippen LogP contribution in [0.3, 0.4) is 0 Å². The van der Waals surface area contributed by atoms with Crippen molar-refractivity contribution in [3.05, 3.63) is 65.2 Å². The molecule has 1 N–H and O–H groups in total. The molecule has 0 atom stereocenters. The molecule has 0 unspecified atom stereocenters. The van der Waals surface area contributed by atoms with Crippen molar-refractivity contribution >= 4 is 11.8 Å². The summed E-state index contributed by atoms with van der Waals surface area (Å²) < 4.78 is 5.12. The van der Waals surface area contributed by atoms with Crippen LogP contribution in [0.25, 0.3) is 0 Å². The quantitative estimate of drug-likeness (QED) is 0.912. The van der Waals surface area contributed by atoms with E-state index in [1.54, 1.807) is 31.4 Å². The van der Waals surface area contributed by atoms with Crippen LogP contribution in [0.2, 0.25) is 0 Å². The number of benzene rings is 2. The summed E-state index contributed by atoms with van der Waals surface area (Å²) in [4.78, 5) is 26.7. The van der Waals surface area contributed by atoms with E-state index in [4.69, 9.17) is 4.74 Å². The number of carbonyl (C=O) groups is 2. The van der Waals surface area contributed by atoms with E-state index in [1.807, 2.05) is 29.2 Å². The summed E-state index contributed by atoms with van der Waals surface area (Å²) in [5.74, 6) is 0.595. The molecular weight excluding hydrogens is 316 g/mol. The van der Waals surface area contributed by atoms with Crippen LogP contribution in [0.1, 0.15) is 39.1 Å². The molecule has 0 aromatic heterocycles. The fourth-order valence-corrected chi connectivity index (χ4v) is 2.92. The summed E-state index contributed by atoms with van der Waals surface area (Å²) in [6.45, 7) is 2.02. The molecule has 1 aliphatic heterocycles. The third kappa shape index (κ3) is 4.18. The normalized spacial score (nSPS) is 13.6. The van der Waals surface area contributed by atoms with Crippen LogP contribution < -0.4 is 10.1 Å². The number of methoxy groups -OCH3 is 1. The van der Waals surface area contributed by atoms with Crippen molar-refractivity contribution in [2.45, 2.75) is 19.4 Å². The second-order valence-corrected chi connectivity index (χ2v) is 6.11.